The monoisotopic (exact) mass is 342 g/mol. The first-order valence-electron chi connectivity index (χ1n) is 8.04. The van der Waals surface area contributed by atoms with Gasteiger partial charge >= 0.3 is 6.03 Å². The molecule has 1 aliphatic heterocycles. The van der Waals surface area contributed by atoms with Gasteiger partial charge in [0, 0.05) is 42.5 Å². The number of pyridine rings is 1. The van der Waals surface area contributed by atoms with Gasteiger partial charge in [-0.05, 0) is 49.6 Å². The maximum atomic E-state index is 12.4. The van der Waals surface area contributed by atoms with Crippen LogP contribution in [0.1, 0.15) is 5.69 Å². The summed E-state index contributed by atoms with van der Waals surface area (Å²) in [6.45, 7) is 4.99. The Labute approximate surface area is 147 Å². The Kier molecular flexibility index (Phi) is 5.25. The van der Waals surface area contributed by atoms with Gasteiger partial charge in [0.15, 0.2) is 0 Å². The minimum atomic E-state index is -0.0382. The van der Waals surface area contributed by atoms with Crippen molar-refractivity contribution in [3.05, 3.63) is 48.2 Å². The molecule has 6 heteroatoms. The lowest BCUT2D eigenvalue weighted by Crippen LogP contribution is -2.50. The quantitative estimate of drug-likeness (QED) is 0.868. The molecule has 0 unspecified atom stereocenters. The Morgan fingerprint density at radius 1 is 1.08 bits per heavy atom. The second kappa shape index (κ2) is 7.57. The Bertz CT molecular complexity index is 696. The Morgan fingerprint density at radius 3 is 2.42 bits per heavy atom. The summed E-state index contributed by atoms with van der Waals surface area (Å²) in [7, 11) is 0. The number of hydrogen-bond donors (Lipinski definition) is 1. The zero-order valence-corrected chi connectivity index (χ0v) is 14.8. The molecule has 5 nitrogen and oxygen atoms in total. The highest BCUT2D eigenvalue weighted by Crippen LogP contribution is 2.18. The predicted molar refractivity (Wildman–Crippen MR) is 100 cm³/mol. The number of carbonyl (C=O) groups excluding carboxylic acids is 1. The second-order valence-electron chi connectivity index (χ2n) is 5.77. The van der Waals surface area contributed by atoms with E-state index in [1.54, 1.807) is 11.8 Å². The van der Waals surface area contributed by atoms with Crippen molar-refractivity contribution in [2.24, 2.45) is 0 Å². The number of nitrogens with one attached hydrogen (secondary N) is 1. The third kappa shape index (κ3) is 4.00. The molecule has 1 fully saturated rings. The van der Waals surface area contributed by atoms with Gasteiger partial charge in [-0.1, -0.05) is 6.07 Å². The van der Waals surface area contributed by atoms with Crippen molar-refractivity contribution < 1.29 is 4.79 Å². The summed E-state index contributed by atoms with van der Waals surface area (Å²) in [5.41, 5.74) is 1.85. The van der Waals surface area contributed by atoms with Crippen LogP contribution in [0, 0.1) is 6.92 Å². The molecule has 2 heterocycles. The van der Waals surface area contributed by atoms with Gasteiger partial charge in [-0.15, -0.1) is 11.8 Å². The normalized spacial score (nSPS) is 14.6. The summed E-state index contributed by atoms with van der Waals surface area (Å²) in [5.74, 6) is 0.989. The fourth-order valence-corrected chi connectivity index (χ4v) is 3.13. The Morgan fingerprint density at radius 2 is 1.79 bits per heavy atom. The average Bonchev–Trinajstić information content (AvgIpc) is 2.62. The highest BCUT2D eigenvalue weighted by atomic mass is 32.2. The van der Waals surface area contributed by atoms with Crippen LogP contribution in [0.3, 0.4) is 0 Å². The number of thioether (sulfide) groups is 1. The lowest BCUT2D eigenvalue weighted by atomic mass is 10.3. The van der Waals surface area contributed by atoms with Crippen LogP contribution in [0.25, 0.3) is 0 Å². The minimum absolute atomic E-state index is 0.0382. The van der Waals surface area contributed by atoms with E-state index in [1.807, 2.05) is 60.5 Å². The Balaban J connectivity index is 1.54. The largest absolute Gasteiger partial charge is 0.353 e. The van der Waals surface area contributed by atoms with Crippen molar-refractivity contribution in [3.63, 3.8) is 0 Å². The number of anilines is 2. The van der Waals surface area contributed by atoms with Crippen molar-refractivity contribution in [3.8, 4) is 0 Å². The summed E-state index contributed by atoms with van der Waals surface area (Å²) in [4.78, 5) is 22.2. The molecule has 1 aliphatic rings. The smallest absolute Gasteiger partial charge is 0.321 e. The molecule has 1 aromatic heterocycles. The molecule has 2 amide bonds. The molecule has 24 heavy (non-hydrogen) atoms. The first kappa shape index (κ1) is 16.6. The van der Waals surface area contributed by atoms with Crippen molar-refractivity contribution in [1.29, 1.82) is 0 Å². The SMILES string of the molecule is CSc1ccc(NC(=O)N2CCN(c3cccc(C)n3)CC2)cc1. The number of aryl methyl sites for hydroxylation is 1. The number of aromatic nitrogens is 1. The minimum Gasteiger partial charge on any atom is -0.353 e. The number of rotatable bonds is 3. The Hall–Kier alpha value is -2.21. The number of amides is 2. The molecule has 2 aromatic rings. The summed E-state index contributed by atoms with van der Waals surface area (Å²) in [6.07, 6.45) is 2.04. The van der Waals surface area contributed by atoms with E-state index in [0.29, 0.717) is 13.1 Å². The van der Waals surface area contributed by atoms with Crippen LogP contribution in [-0.4, -0.2) is 48.3 Å². The van der Waals surface area contributed by atoms with Gasteiger partial charge in [0.1, 0.15) is 5.82 Å². The highest BCUT2D eigenvalue weighted by Gasteiger charge is 2.21. The molecular weight excluding hydrogens is 320 g/mol. The first-order valence-corrected chi connectivity index (χ1v) is 9.27. The van der Waals surface area contributed by atoms with Crippen LogP contribution >= 0.6 is 11.8 Å². The van der Waals surface area contributed by atoms with E-state index >= 15 is 0 Å². The van der Waals surface area contributed by atoms with Crippen LogP contribution in [0.2, 0.25) is 0 Å². The summed E-state index contributed by atoms with van der Waals surface area (Å²) >= 11 is 1.69. The molecule has 0 aliphatic carbocycles. The van der Waals surface area contributed by atoms with Gasteiger partial charge in [0.2, 0.25) is 0 Å². The van der Waals surface area contributed by atoms with E-state index in [9.17, 15) is 4.79 Å². The summed E-state index contributed by atoms with van der Waals surface area (Å²) < 4.78 is 0. The number of piperazine rings is 1. The standard InChI is InChI=1S/C18H22N4OS/c1-14-4-3-5-17(19-14)21-10-12-22(13-11-21)18(23)20-15-6-8-16(24-2)9-7-15/h3-9H,10-13H2,1-2H3,(H,20,23). The molecule has 3 rings (SSSR count). The maximum Gasteiger partial charge on any atom is 0.321 e. The first-order chi connectivity index (χ1) is 11.7. The third-order valence-corrected chi connectivity index (χ3v) is 4.85. The molecule has 1 N–H and O–H groups in total. The van der Waals surface area contributed by atoms with Gasteiger partial charge in [-0.3, -0.25) is 0 Å². The topological polar surface area (TPSA) is 48.5 Å². The lowest BCUT2D eigenvalue weighted by Gasteiger charge is -2.35. The molecule has 0 bridgehead atoms. The van der Waals surface area contributed by atoms with E-state index in [0.717, 1.165) is 30.3 Å². The number of urea groups is 1. The number of nitrogens with zero attached hydrogens (tertiary/aromatic N) is 3. The fourth-order valence-electron chi connectivity index (χ4n) is 2.72. The van der Waals surface area contributed by atoms with Crippen LogP contribution < -0.4 is 10.2 Å². The maximum absolute atomic E-state index is 12.4. The van der Waals surface area contributed by atoms with Gasteiger partial charge in [-0.25, -0.2) is 9.78 Å². The van der Waals surface area contributed by atoms with Crippen molar-refractivity contribution in [2.75, 3.05) is 42.7 Å². The fraction of sp³-hybridized carbons (Fsp3) is 0.333. The number of hydrogen-bond acceptors (Lipinski definition) is 4. The van der Waals surface area contributed by atoms with Crippen LogP contribution in [-0.2, 0) is 0 Å². The number of carbonyl (C=O) groups is 1. The van der Waals surface area contributed by atoms with Crippen molar-refractivity contribution >= 4 is 29.3 Å². The van der Waals surface area contributed by atoms with E-state index in [4.69, 9.17) is 0 Å². The highest BCUT2D eigenvalue weighted by molar-refractivity contribution is 7.98. The predicted octanol–water partition coefficient (Wildman–Crippen LogP) is 3.47. The average molecular weight is 342 g/mol. The molecule has 1 aromatic carbocycles. The molecule has 0 atom stereocenters. The molecule has 1 saturated heterocycles. The van der Waals surface area contributed by atoms with Gasteiger partial charge in [0.05, 0.1) is 0 Å². The van der Waals surface area contributed by atoms with Crippen LogP contribution in [0.4, 0.5) is 16.3 Å². The summed E-state index contributed by atoms with van der Waals surface area (Å²) in [6, 6.07) is 13.9. The van der Waals surface area contributed by atoms with Crippen LogP contribution in [0.5, 0.6) is 0 Å². The van der Waals surface area contributed by atoms with Crippen molar-refractivity contribution in [1.82, 2.24) is 9.88 Å². The van der Waals surface area contributed by atoms with Crippen LogP contribution in [0.15, 0.2) is 47.4 Å². The van der Waals surface area contributed by atoms with E-state index in [-0.39, 0.29) is 6.03 Å². The van der Waals surface area contributed by atoms with Gasteiger partial charge in [0.25, 0.3) is 0 Å². The van der Waals surface area contributed by atoms with Gasteiger partial charge < -0.3 is 15.1 Å². The second-order valence-corrected chi connectivity index (χ2v) is 6.65. The zero-order valence-electron chi connectivity index (χ0n) is 14.0. The van der Waals surface area contributed by atoms with E-state index in [2.05, 4.69) is 15.2 Å². The molecule has 0 spiro atoms. The molecular formula is C18H22N4OS. The van der Waals surface area contributed by atoms with E-state index < -0.39 is 0 Å². The summed E-state index contributed by atoms with van der Waals surface area (Å²) in [5, 5.41) is 2.97. The molecule has 126 valence electrons. The lowest BCUT2D eigenvalue weighted by molar-refractivity contribution is 0.208. The molecule has 0 saturated carbocycles. The third-order valence-electron chi connectivity index (χ3n) is 4.11. The van der Waals surface area contributed by atoms with E-state index in [1.165, 1.54) is 4.90 Å². The number of benzene rings is 1. The zero-order chi connectivity index (χ0) is 16.9. The van der Waals surface area contributed by atoms with Gasteiger partial charge in [-0.2, -0.15) is 0 Å². The van der Waals surface area contributed by atoms with Crippen molar-refractivity contribution in [2.45, 2.75) is 11.8 Å². The molecule has 0 radical (unpaired) electrons.